The standard InChI is InChI=1S/C8H10ClNOS/c1-5-10-4-6(11-5)7-2-3-8(9)12-7/h2-3,5-6,10H,4H2,1H3. The topological polar surface area (TPSA) is 21.3 Å². The predicted octanol–water partition coefficient (Wildman–Crippen LogP) is 2.41. The van der Waals surface area contributed by atoms with Gasteiger partial charge in [-0.05, 0) is 19.1 Å². The average Bonchev–Trinajstić information content (AvgIpc) is 2.58. The molecule has 2 unspecified atom stereocenters. The number of hydrogen-bond acceptors (Lipinski definition) is 3. The average molecular weight is 204 g/mol. The molecule has 0 bridgehead atoms. The fourth-order valence-electron chi connectivity index (χ4n) is 1.28. The van der Waals surface area contributed by atoms with Crippen LogP contribution in [-0.2, 0) is 4.74 Å². The van der Waals surface area contributed by atoms with E-state index in [1.165, 1.54) is 4.88 Å². The lowest BCUT2D eigenvalue weighted by molar-refractivity contribution is 0.0548. The molecule has 1 aliphatic heterocycles. The van der Waals surface area contributed by atoms with E-state index in [-0.39, 0.29) is 12.3 Å². The van der Waals surface area contributed by atoms with E-state index >= 15 is 0 Å². The third-order valence-electron chi connectivity index (χ3n) is 1.87. The lowest BCUT2D eigenvalue weighted by Gasteiger charge is -2.05. The normalized spacial score (nSPS) is 29.5. The maximum Gasteiger partial charge on any atom is 0.106 e. The molecule has 2 rings (SSSR count). The first-order valence-corrected chi connectivity index (χ1v) is 5.09. The highest BCUT2D eigenvalue weighted by Gasteiger charge is 2.23. The van der Waals surface area contributed by atoms with E-state index in [1.54, 1.807) is 11.3 Å². The Balaban J connectivity index is 2.11. The fourth-order valence-corrected chi connectivity index (χ4v) is 2.38. The van der Waals surface area contributed by atoms with Gasteiger partial charge in [0.1, 0.15) is 12.3 Å². The summed E-state index contributed by atoms with van der Waals surface area (Å²) in [5.74, 6) is 0. The minimum absolute atomic E-state index is 0.163. The molecule has 0 radical (unpaired) electrons. The van der Waals surface area contributed by atoms with Crippen LogP contribution in [0.5, 0.6) is 0 Å². The van der Waals surface area contributed by atoms with Crippen LogP contribution in [0.1, 0.15) is 17.9 Å². The Morgan fingerprint density at radius 1 is 1.67 bits per heavy atom. The Kier molecular flexibility index (Phi) is 2.37. The fraction of sp³-hybridized carbons (Fsp3) is 0.500. The Hall–Kier alpha value is -0.0900. The molecule has 0 spiro atoms. The van der Waals surface area contributed by atoms with Gasteiger partial charge in [-0.25, -0.2) is 0 Å². The van der Waals surface area contributed by atoms with E-state index in [4.69, 9.17) is 16.3 Å². The van der Waals surface area contributed by atoms with Crippen molar-refractivity contribution in [2.45, 2.75) is 19.3 Å². The molecular weight excluding hydrogens is 194 g/mol. The van der Waals surface area contributed by atoms with E-state index in [9.17, 15) is 0 Å². The summed E-state index contributed by atoms with van der Waals surface area (Å²) < 4.78 is 6.43. The maximum absolute atomic E-state index is 5.82. The lowest BCUT2D eigenvalue weighted by Crippen LogP contribution is -2.17. The first-order valence-electron chi connectivity index (χ1n) is 3.90. The summed E-state index contributed by atoms with van der Waals surface area (Å²) in [6.07, 6.45) is 0.355. The summed E-state index contributed by atoms with van der Waals surface area (Å²) in [7, 11) is 0. The van der Waals surface area contributed by atoms with Crippen molar-refractivity contribution in [3.63, 3.8) is 0 Å². The van der Waals surface area contributed by atoms with Gasteiger partial charge in [0.25, 0.3) is 0 Å². The predicted molar refractivity (Wildman–Crippen MR) is 50.6 cm³/mol. The van der Waals surface area contributed by atoms with E-state index < -0.39 is 0 Å². The first kappa shape index (κ1) is 8.51. The zero-order valence-corrected chi connectivity index (χ0v) is 8.28. The van der Waals surface area contributed by atoms with Crippen molar-refractivity contribution >= 4 is 22.9 Å². The Labute approximate surface area is 80.5 Å². The van der Waals surface area contributed by atoms with Gasteiger partial charge in [-0.2, -0.15) is 0 Å². The van der Waals surface area contributed by atoms with Crippen LogP contribution in [0.15, 0.2) is 12.1 Å². The van der Waals surface area contributed by atoms with Crippen molar-refractivity contribution in [2.75, 3.05) is 6.54 Å². The van der Waals surface area contributed by atoms with Gasteiger partial charge < -0.3 is 4.74 Å². The second-order valence-corrected chi connectivity index (χ2v) is 4.56. The molecule has 1 saturated heterocycles. The second-order valence-electron chi connectivity index (χ2n) is 2.82. The second kappa shape index (κ2) is 3.34. The number of rotatable bonds is 1. The molecule has 1 aromatic heterocycles. The maximum atomic E-state index is 5.82. The molecule has 0 aliphatic carbocycles. The summed E-state index contributed by atoms with van der Waals surface area (Å²) in [5.41, 5.74) is 0. The highest BCUT2D eigenvalue weighted by Crippen LogP contribution is 2.31. The quantitative estimate of drug-likeness (QED) is 0.757. The third kappa shape index (κ3) is 1.64. The smallest absolute Gasteiger partial charge is 0.106 e. The van der Waals surface area contributed by atoms with Crippen LogP contribution < -0.4 is 5.32 Å². The highest BCUT2D eigenvalue weighted by atomic mass is 35.5. The minimum Gasteiger partial charge on any atom is -0.354 e. The Bertz CT molecular complexity index is 276. The van der Waals surface area contributed by atoms with Crippen LogP contribution in [0.4, 0.5) is 0 Å². The molecule has 0 aromatic carbocycles. The zero-order valence-electron chi connectivity index (χ0n) is 6.71. The number of ether oxygens (including phenoxy) is 1. The molecule has 1 N–H and O–H groups in total. The summed E-state index contributed by atoms with van der Waals surface area (Å²) in [5, 5.41) is 3.22. The van der Waals surface area contributed by atoms with Crippen molar-refractivity contribution in [1.82, 2.24) is 5.32 Å². The van der Waals surface area contributed by atoms with Crippen molar-refractivity contribution in [1.29, 1.82) is 0 Å². The number of halogens is 1. The molecule has 0 amide bonds. The van der Waals surface area contributed by atoms with Crippen molar-refractivity contribution in [3.05, 3.63) is 21.3 Å². The molecule has 1 aromatic rings. The molecule has 12 heavy (non-hydrogen) atoms. The summed E-state index contributed by atoms with van der Waals surface area (Å²) >= 11 is 7.41. The van der Waals surface area contributed by atoms with Gasteiger partial charge in [-0.3, -0.25) is 5.32 Å². The van der Waals surface area contributed by atoms with Gasteiger partial charge in [0.15, 0.2) is 0 Å². The highest BCUT2D eigenvalue weighted by molar-refractivity contribution is 7.16. The van der Waals surface area contributed by atoms with Crippen molar-refractivity contribution in [2.24, 2.45) is 0 Å². The minimum atomic E-state index is 0.163. The van der Waals surface area contributed by atoms with Gasteiger partial charge in [0, 0.05) is 11.4 Å². The number of nitrogens with one attached hydrogen (secondary N) is 1. The SMILES string of the molecule is CC1NCC(c2ccc(Cl)s2)O1. The van der Waals surface area contributed by atoms with Gasteiger partial charge in [-0.1, -0.05) is 11.6 Å². The van der Waals surface area contributed by atoms with Crippen LogP contribution in [0.25, 0.3) is 0 Å². The van der Waals surface area contributed by atoms with Crippen LogP contribution in [0.2, 0.25) is 4.34 Å². The molecule has 2 nitrogen and oxygen atoms in total. The van der Waals surface area contributed by atoms with E-state index in [0.717, 1.165) is 10.9 Å². The van der Waals surface area contributed by atoms with Crippen molar-refractivity contribution in [3.8, 4) is 0 Å². The van der Waals surface area contributed by atoms with Gasteiger partial charge in [-0.15, -0.1) is 11.3 Å². The van der Waals surface area contributed by atoms with Gasteiger partial charge in [0.2, 0.25) is 0 Å². The molecule has 1 aliphatic rings. The van der Waals surface area contributed by atoms with Gasteiger partial charge in [0.05, 0.1) is 4.34 Å². The van der Waals surface area contributed by atoms with Crippen LogP contribution in [0, 0.1) is 0 Å². The number of thiophene rings is 1. The van der Waals surface area contributed by atoms with E-state index in [1.807, 2.05) is 19.1 Å². The number of hydrogen-bond donors (Lipinski definition) is 1. The lowest BCUT2D eigenvalue weighted by atomic mass is 10.3. The Morgan fingerprint density at radius 2 is 2.50 bits per heavy atom. The zero-order chi connectivity index (χ0) is 8.55. The van der Waals surface area contributed by atoms with Crippen molar-refractivity contribution < 1.29 is 4.74 Å². The van der Waals surface area contributed by atoms with E-state index in [2.05, 4.69) is 5.32 Å². The third-order valence-corrected chi connectivity index (χ3v) is 3.19. The molecule has 66 valence electrons. The largest absolute Gasteiger partial charge is 0.354 e. The molecule has 0 saturated carbocycles. The molecule has 2 atom stereocenters. The summed E-state index contributed by atoms with van der Waals surface area (Å²) in [4.78, 5) is 1.21. The molecule has 4 heteroatoms. The van der Waals surface area contributed by atoms with Crippen LogP contribution in [0.3, 0.4) is 0 Å². The van der Waals surface area contributed by atoms with E-state index in [0.29, 0.717) is 0 Å². The Morgan fingerprint density at radius 3 is 3.00 bits per heavy atom. The molecule has 1 fully saturated rings. The van der Waals surface area contributed by atoms with Crippen LogP contribution in [-0.4, -0.2) is 12.8 Å². The van der Waals surface area contributed by atoms with Crippen LogP contribution >= 0.6 is 22.9 Å². The molecular formula is C8H10ClNOS. The molecule has 2 heterocycles. The summed E-state index contributed by atoms with van der Waals surface area (Å²) in [6.45, 7) is 2.90. The first-order chi connectivity index (χ1) is 5.75. The monoisotopic (exact) mass is 203 g/mol. The van der Waals surface area contributed by atoms with Gasteiger partial charge >= 0.3 is 0 Å². The summed E-state index contributed by atoms with van der Waals surface area (Å²) in [6, 6.07) is 3.94.